The number of nitrogens with one attached hydrogen (secondary N) is 1. The van der Waals surface area contributed by atoms with Crippen molar-refractivity contribution in [2.45, 2.75) is 11.4 Å². The van der Waals surface area contributed by atoms with Crippen LogP contribution in [0.1, 0.15) is 16.1 Å². The highest BCUT2D eigenvalue weighted by Gasteiger charge is 2.17. The number of halogens is 1. The number of ether oxygens (including phenoxy) is 1. The van der Waals surface area contributed by atoms with E-state index in [9.17, 15) is 13.2 Å². The minimum absolute atomic E-state index is 0.0542. The molecule has 1 amide bonds. The highest BCUT2D eigenvalue weighted by molar-refractivity contribution is 7.89. The number of rotatable bonds is 6. The van der Waals surface area contributed by atoms with Crippen molar-refractivity contribution in [1.29, 1.82) is 0 Å². The molecule has 1 heterocycles. The van der Waals surface area contributed by atoms with Crippen LogP contribution in [-0.2, 0) is 16.6 Å². The summed E-state index contributed by atoms with van der Waals surface area (Å²) in [6, 6.07) is 14.5. The summed E-state index contributed by atoms with van der Waals surface area (Å²) >= 11 is 5.88. The first-order valence-electron chi connectivity index (χ1n) is 8.11. The van der Waals surface area contributed by atoms with Gasteiger partial charge in [-0.25, -0.2) is 13.6 Å². The number of carbonyl (C=O) groups is 1. The molecule has 0 aliphatic carbocycles. The van der Waals surface area contributed by atoms with Crippen molar-refractivity contribution in [3.05, 3.63) is 70.9 Å². The van der Waals surface area contributed by atoms with Crippen LogP contribution >= 0.6 is 11.6 Å². The lowest BCUT2D eigenvalue weighted by atomic mass is 10.2. The van der Waals surface area contributed by atoms with Crippen LogP contribution in [0.3, 0.4) is 0 Å². The number of amides is 1. The van der Waals surface area contributed by atoms with Gasteiger partial charge in [0.1, 0.15) is 17.3 Å². The number of sulfonamides is 1. The maximum absolute atomic E-state index is 12.5. The molecule has 0 aliphatic rings. The van der Waals surface area contributed by atoms with Gasteiger partial charge in [0, 0.05) is 10.6 Å². The number of furan rings is 1. The molecule has 0 unspecified atom stereocenters. The Labute approximate surface area is 167 Å². The summed E-state index contributed by atoms with van der Waals surface area (Å²) < 4.78 is 33.9. The average Bonchev–Trinajstić information content (AvgIpc) is 3.14. The SMILES string of the molecule is COc1ccc(S(N)(=O)=O)cc1C(=O)NCc1ccc(-c2ccc(Cl)cc2)o1. The summed E-state index contributed by atoms with van der Waals surface area (Å²) in [5.41, 5.74) is 0.906. The lowest BCUT2D eigenvalue weighted by Crippen LogP contribution is -2.24. The van der Waals surface area contributed by atoms with E-state index < -0.39 is 15.9 Å². The van der Waals surface area contributed by atoms with Crippen LogP contribution < -0.4 is 15.2 Å². The average molecular weight is 421 g/mol. The van der Waals surface area contributed by atoms with Gasteiger partial charge in [-0.3, -0.25) is 4.79 Å². The number of carbonyl (C=O) groups excluding carboxylic acids is 1. The highest BCUT2D eigenvalue weighted by atomic mass is 35.5. The van der Waals surface area contributed by atoms with Gasteiger partial charge in [-0.15, -0.1) is 0 Å². The second-order valence-corrected chi connectivity index (χ2v) is 7.86. The number of nitrogens with two attached hydrogens (primary N) is 1. The number of primary sulfonamides is 1. The first-order chi connectivity index (χ1) is 13.3. The maximum atomic E-state index is 12.5. The van der Waals surface area contributed by atoms with Crippen LogP contribution in [0.25, 0.3) is 11.3 Å². The third-order valence-corrected chi connectivity index (χ3v) is 5.12. The molecule has 0 bridgehead atoms. The number of methoxy groups -OCH3 is 1. The molecule has 1 aromatic heterocycles. The molecule has 0 fully saturated rings. The molecule has 3 aromatic rings. The van der Waals surface area contributed by atoms with Crippen LogP contribution in [0.15, 0.2) is 63.9 Å². The summed E-state index contributed by atoms with van der Waals surface area (Å²) in [6.45, 7) is 0.106. The Bertz CT molecular complexity index is 1110. The zero-order valence-electron chi connectivity index (χ0n) is 14.8. The van der Waals surface area contributed by atoms with Crippen molar-refractivity contribution in [3.8, 4) is 17.1 Å². The largest absolute Gasteiger partial charge is 0.496 e. The predicted molar refractivity (Wildman–Crippen MR) is 105 cm³/mol. The molecular formula is C19H17ClN2O5S. The van der Waals surface area contributed by atoms with Gasteiger partial charge >= 0.3 is 0 Å². The first kappa shape index (κ1) is 19.9. The Kier molecular flexibility index (Phi) is 5.73. The van der Waals surface area contributed by atoms with E-state index in [0.717, 1.165) is 5.56 Å². The fraction of sp³-hybridized carbons (Fsp3) is 0.105. The summed E-state index contributed by atoms with van der Waals surface area (Å²) in [5, 5.41) is 8.42. The van der Waals surface area contributed by atoms with Crippen LogP contribution in [0.2, 0.25) is 5.02 Å². The molecule has 3 N–H and O–H groups in total. The van der Waals surface area contributed by atoms with E-state index in [1.165, 1.54) is 25.3 Å². The number of hydrogen-bond donors (Lipinski definition) is 2. The van der Waals surface area contributed by atoms with Crippen molar-refractivity contribution in [1.82, 2.24) is 5.32 Å². The maximum Gasteiger partial charge on any atom is 0.255 e. The third-order valence-electron chi connectivity index (χ3n) is 3.96. The minimum atomic E-state index is -3.94. The Hall–Kier alpha value is -2.81. The van der Waals surface area contributed by atoms with Gasteiger partial charge in [0.15, 0.2) is 0 Å². The molecule has 0 saturated heterocycles. The van der Waals surface area contributed by atoms with Crippen LogP contribution in [0.5, 0.6) is 5.75 Å². The van der Waals surface area contributed by atoms with Crippen LogP contribution in [0.4, 0.5) is 0 Å². The van der Waals surface area contributed by atoms with Crippen molar-refractivity contribution in [2.75, 3.05) is 7.11 Å². The number of benzene rings is 2. The van der Waals surface area contributed by atoms with Gasteiger partial charge in [0.25, 0.3) is 5.91 Å². The molecule has 9 heteroatoms. The lowest BCUT2D eigenvalue weighted by Gasteiger charge is -2.10. The number of hydrogen-bond acceptors (Lipinski definition) is 5. The fourth-order valence-corrected chi connectivity index (χ4v) is 3.21. The van der Waals surface area contributed by atoms with E-state index in [0.29, 0.717) is 16.5 Å². The van der Waals surface area contributed by atoms with Crippen molar-refractivity contribution in [3.63, 3.8) is 0 Å². The minimum Gasteiger partial charge on any atom is -0.496 e. The summed E-state index contributed by atoms with van der Waals surface area (Å²) in [7, 11) is -2.56. The molecule has 0 radical (unpaired) electrons. The molecule has 28 heavy (non-hydrogen) atoms. The van der Waals surface area contributed by atoms with E-state index >= 15 is 0 Å². The topological polar surface area (TPSA) is 112 Å². The third kappa shape index (κ3) is 4.53. The molecule has 7 nitrogen and oxygen atoms in total. The summed E-state index contributed by atoms with van der Waals surface area (Å²) in [4.78, 5) is 12.3. The Morgan fingerprint density at radius 2 is 1.86 bits per heavy atom. The molecule has 0 aliphatic heterocycles. The monoisotopic (exact) mass is 420 g/mol. The van der Waals surface area contributed by atoms with E-state index in [4.69, 9.17) is 25.9 Å². The fourth-order valence-electron chi connectivity index (χ4n) is 2.55. The van der Waals surface area contributed by atoms with Crippen molar-refractivity contribution >= 4 is 27.5 Å². The quantitative estimate of drug-likeness (QED) is 0.636. The first-order valence-corrected chi connectivity index (χ1v) is 10.0. The molecule has 146 valence electrons. The van der Waals surface area contributed by atoms with E-state index in [2.05, 4.69) is 5.32 Å². The smallest absolute Gasteiger partial charge is 0.255 e. The van der Waals surface area contributed by atoms with Gasteiger partial charge < -0.3 is 14.5 Å². The van der Waals surface area contributed by atoms with Crippen LogP contribution in [0, 0.1) is 0 Å². The lowest BCUT2D eigenvalue weighted by molar-refractivity contribution is 0.0945. The van der Waals surface area contributed by atoms with Gasteiger partial charge in [-0.1, -0.05) is 11.6 Å². The van der Waals surface area contributed by atoms with Crippen LogP contribution in [-0.4, -0.2) is 21.4 Å². The second-order valence-electron chi connectivity index (χ2n) is 5.86. The normalized spacial score (nSPS) is 11.2. The van der Waals surface area contributed by atoms with Gasteiger partial charge in [-0.2, -0.15) is 0 Å². The van der Waals surface area contributed by atoms with E-state index in [-0.39, 0.29) is 22.8 Å². The Balaban J connectivity index is 1.75. The summed E-state index contributed by atoms with van der Waals surface area (Å²) in [5.74, 6) is 0.868. The molecule has 0 atom stereocenters. The molecule has 3 rings (SSSR count). The van der Waals surface area contributed by atoms with Crippen molar-refractivity contribution < 1.29 is 22.4 Å². The van der Waals surface area contributed by atoms with Gasteiger partial charge in [0.2, 0.25) is 10.0 Å². The summed E-state index contributed by atoms with van der Waals surface area (Å²) in [6.07, 6.45) is 0. The molecule has 0 saturated carbocycles. The standard InChI is InChI=1S/C19H17ClN2O5S/c1-26-18-9-7-15(28(21,24)25)10-16(18)19(23)22-11-14-6-8-17(27-14)12-2-4-13(20)5-3-12/h2-10H,11H2,1H3,(H,22,23)(H2,21,24,25). The molecular weight excluding hydrogens is 404 g/mol. The zero-order chi connectivity index (χ0) is 20.3. The predicted octanol–water partition coefficient (Wildman–Crippen LogP) is 3.19. The van der Waals surface area contributed by atoms with E-state index in [1.54, 1.807) is 24.3 Å². The van der Waals surface area contributed by atoms with Crippen molar-refractivity contribution in [2.24, 2.45) is 5.14 Å². The van der Waals surface area contributed by atoms with Gasteiger partial charge in [0.05, 0.1) is 24.1 Å². The van der Waals surface area contributed by atoms with Gasteiger partial charge in [-0.05, 0) is 54.6 Å². The Morgan fingerprint density at radius 1 is 1.14 bits per heavy atom. The van der Waals surface area contributed by atoms with E-state index in [1.807, 2.05) is 12.1 Å². The Morgan fingerprint density at radius 3 is 2.50 bits per heavy atom. The second kappa shape index (κ2) is 8.05. The molecule has 0 spiro atoms. The highest BCUT2D eigenvalue weighted by Crippen LogP contribution is 2.25. The zero-order valence-corrected chi connectivity index (χ0v) is 16.4. The molecule has 2 aromatic carbocycles.